The molecular weight excluding hydrogens is 236 g/mol. The molecule has 0 bridgehead atoms. The van der Waals surface area contributed by atoms with Crippen LogP contribution in [0.4, 0.5) is 0 Å². The topological polar surface area (TPSA) is 32.3 Å². The van der Waals surface area contributed by atoms with Crippen LogP contribution in [0.3, 0.4) is 0 Å². The van der Waals surface area contributed by atoms with Crippen LogP contribution in [0.1, 0.15) is 65.7 Å². The summed E-state index contributed by atoms with van der Waals surface area (Å²) in [6.45, 7) is 8.66. The number of nitrogens with one attached hydrogen (secondary N) is 1. The molecule has 3 heteroatoms. The Bertz CT molecular complexity index is 312. The molecule has 2 fully saturated rings. The molecule has 0 spiro atoms. The summed E-state index contributed by atoms with van der Waals surface area (Å²) in [6, 6.07) is 0.518. The summed E-state index contributed by atoms with van der Waals surface area (Å²) < 4.78 is 0. The zero-order valence-corrected chi connectivity index (χ0v) is 12.9. The summed E-state index contributed by atoms with van der Waals surface area (Å²) in [5.41, 5.74) is 0.101. The molecule has 2 aliphatic heterocycles. The number of carbonyl (C=O) groups is 1. The Labute approximate surface area is 118 Å². The van der Waals surface area contributed by atoms with Crippen LogP contribution in [-0.4, -0.2) is 36.0 Å². The molecule has 0 saturated carbocycles. The van der Waals surface area contributed by atoms with E-state index in [1.165, 1.54) is 38.5 Å². The molecule has 2 heterocycles. The predicted molar refractivity (Wildman–Crippen MR) is 79.1 cm³/mol. The number of carbonyl (C=O) groups excluding carboxylic acids is 1. The molecule has 0 radical (unpaired) electrons. The fraction of sp³-hybridized carbons (Fsp3) is 0.938. The van der Waals surface area contributed by atoms with Crippen LogP contribution in [-0.2, 0) is 4.79 Å². The molecule has 2 unspecified atom stereocenters. The molecule has 0 aromatic heterocycles. The number of hydrogen-bond acceptors (Lipinski definition) is 2. The Balaban J connectivity index is 2.07. The van der Waals surface area contributed by atoms with E-state index < -0.39 is 0 Å². The van der Waals surface area contributed by atoms with E-state index in [0.29, 0.717) is 11.9 Å². The van der Waals surface area contributed by atoms with Crippen LogP contribution in [0.25, 0.3) is 0 Å². The molecular formula is C16H30N2O. The second kappa shape index (κ2) is 6.25. The minimum Gasteiger partial charge on any atom is -0.338 e. The first kappa shape index (κ1) is 14.8. The van der Waals surface area contributed by atoms with Crippen molar-refractivity contribution in [1.29, 1.82) is 0 Å². The zero-order chi connectivity index (χ0) is 13.9. The van der Waals surface area contributed by atoms with E-state index in [9.17, 15) is 4.79 Å². The Morgan fingerprint density at radius 1 is 1.32 bits per heavy atom. The van der Waals surface area contributed by atoms with Crippen molar-refractivity contribution in [3.05, 3.63) is 0 Å². The standard InChI is InChI=1S/C16H30N2O/c1-4-8-13-9-5-6-12-18(13)15(19)14-16(2,3)10-7-11-17-14/h13-14,17H,4-12H2,1-3H3. The van der Waals surface area contributed by atoms with Crippen molar-refractivity contribution in [3.8, 4) is 0 Å². The SMILES string of the molecule is CCCC1CCCCN1C(=O)C1NCCCC1(C)C. The molecule has 2 atom stereocenters. The van der Waals surface area contributed by atoms with Gasteiger partial charge in [-0.2, -0.15) is 0 Å². The minimum absolute atomic E-state index is 0.0266. The summed E-state index contributed by atoms with van der Waals surface area (Å²) in [7, 11) is 0. The lowest BCUT2D eigenvalue weighted by molar-refractivity contribution is -0.141. The van der Waals surface area contributed by atoms with E-state index in [-0.39, 0.29) is 11.5 Å². The summed E-state index contributed by atoms with van der Waals surface area (Å²) in [5, 5.41) is 3.48. The highest BCUT2D eigenvalue weighted by molar-refractivity contribution is 5.83. The zero-order valence-electron chi connectivity index (χ0n) is 12.9. The first-order valence-corrected chi connectivity index (χ1v) is 8.10. The van der Waals surface area contributed by atoms with E-state index in [1.807, 2.05) is 0 Å². The Kier molecular flexibility index (Phi) is 4.88. The average molecular weight is 266 g/mol. The largest absolute Gasteiger partial charge is 0.338 e. The van der Waals surface area contributed by atoms with Gasteiger partial charge in [-0.15, -0.1) is 0 Å². The van der Waals surface area contributed by atoms with Gasteiger partial charge < -0.3 is 10.2 Å². The third kappa shape index (κ3) is 3.31. The van der Waals surface area contributed by atoms with Crippen LogP contribution in [0.15, 0.2) is 0 Å². The lowest BCUT2D eigenvalue weighted by atomic mass is 9.76. The molecule has 19 heavy (non-hydrogen) atoms. The maximum absolute atomic E-state index is 12.9. The van der Waals surface area contributed by atoms with Gasteiger partial charge in [0.05, 0.1) is 6.04 Å². The van der Waals surface area contributed by atoms with E-state index in [0.717, 1.165) is 19.5 Å². The molecule has 1 N–H and O–H groups in total. The third-order valence-electron chi connectivity index (χ3n) is 4.91. The van der Waals surface area contributed by atoms with Gasteiger partial charge in [-0.1, -0.05) is 27.2 Å². The fourth-order valence-electron chi connectivity index (χ4n) is 3.72. The maximum Gasteiger partial charge on any atom is 0.240 e. The van der Waals surface area contributed by atoms with Crippen LogP contribution in [0, 0.1) is 5.41 Å². The first-order valence-electron chi connectivity index (χ1n) is 8.10. The van der Waals surface area contributed by atoms with Crippen LogP contribution in [0.2, 0.25) is 0 Å². The van der Waals surface area contributed by atoms with Crippen LogP contribution < -0.4 is 5.32 Å². The van der Waals surface area contributed by atoms with E-state index in [1.54, 1.807) is 0 Å². The summed E-state index contributed by atoms with van der Waals surface area (Å²) in [5.74, 6) is 0.364. The van der Waals surface area contributed by atoms with Gasteiger partial charge in [0.1, 0.15) is 0 Å². The van der Waals surface area contributed by atoms with Gasteiger partial charge in [0.25, 0.3) is 0 Å². The number of hydrogen-bond donors (Lipinski definition) is 1. The van der Waals surface area contributed by atoms with Crippen molar-refractivity contribution < 1.29 is 4.79 Å². The Morgan fingerprint density at radius 2 is 2.11 bits per heavy atom. The highest BCUT2D eigenvalue weighted by atomic mass is 16.2. The maximum atomic E-state index is 12.9. The van der Waals surface area contributed by atoms with Crippen molar-refractivity contribution in [2.45, 2.75) is 77.8 Å². The molecule has 0 aromatic rings. The molecule has 0 aliphatic carbocycles. The van der Waals surface area contributed by atoms with E-state index in [2.05, 4.69) is 31.0 Å². The van der Waals surface area contributed by atoms with Gasteiger partial charge in [-0.05, 0) is 50.5 Å². The second-order valence-corrected chi connectivity index (χ2v) is 6.95. The molecule has 3 nitrogen and oxygen atoms in total. The minimum atomic E-state index is 0.0266. The number of piperidine rings is 2. The lowest BCUT2D eigenvalue weighted by Crippen LogP contribution is -2.59. The molecule has 110 valence electrons. The van der Waals surface area contributed by atoms with Gasteiger partial charge in [-0.3, -0.25) is 4.79 Å². The molecule has 0 aromatic carbocycles. The number of rotatable bonds is 3. The molecule has 1 amide bonds. The number of nitrogens with zero attached hydrogens (tertiary/aromatic N) is 1. The van der Waals surface area contributed by atoms with E-state index in [4.69, 9.17) is 0 Å². The first-order chi connectivity index (χ1) is 9.06. The van der Waals surface area contributed by atoms with Crippen LogP contribution in [0.5, 0.6) is 0 Å². The fourth-order valence-corrected chi connectivity index (χ4v) is 3.72. The Morgan fingerprint density at radius 3 is 2.79 bits per heavy atom. The smallest absolute Gasteiger partial charge is 0.240 e. The number of likely N-dealkylation sites (tertiary alicyclic amines) is 1. The highest BCUT2D eigenvalue weighted by Gasteiger charge is 2.41. The predicted octanol–water partition coefficient (Wildman–Crippen LogP) is 2.95. The van der Waals surface area contributed by atoms with Crippen molar-refractivity contribution >= 4 is 5.91 Å². The normalized spacial score (nSPS) is 31.2. The quantitative estimate of drug-likeness (QED) is 0.852. The second-order valence-electron chi connectivity index (χ2n) is 6.95. The van der Waals surface area contributed by atoms with E-state index >= 15 is 0 Å². The molecule has 2 saturated heterocycles. The van der Waals surface area contributed by atoms with Gasteiger partial charge in [-0.25, -0.2) is 0 Å². The average Bonchev–Trinajstić information content (AvgIpc) is 2.38. The third-order valence-corrected chi connectivity index (χ3v) is 4.91. The lowest BCUT2D eigenvalue weighted by Gasteiger charge is -2.44. The summed E-state index contributed by atoms with van der Waals surface area (Å²) in [6.07, 6.45) is 8.36. The van der Waals surface area contributed by atoms with Gasteiger partial charge in [0.15, 0.2) is 0 Å². The van der Waals surface area contributed by atoms with Crippen molar-refractivity contribution in [2.75, 3.05) is 13.1 Å². The van der Waals surface area contributed by atoms with Crippen LogP contribution >= 0.6 is 0 Å². The van der Waals surface area contributed by atoms with Crippen molar-refractivity contribution in [1.82, 2.24) is 10.2 Å². The molecule has 2 aliphatic rings. The number of amides is 1. The Hall–Kier alpha value is -0.570. The highest BCUT2D eigenvalue weighted by Crippen LogP contribution is 2.33. The van der Waals surface area contributed by atoms with Gasteiger partial charge in [0, 0.05) is 12.6 Å². The van der Waals surface area contributed by atoms with Gasteiger partial charge in [0.2, 0.25) is 5.91 Å². The van der Waals surface area contributed by atoms with Crippen molar-refractivity contribution in [3.63, 3.8) is 0 Å². The summed E-state index contributed by atoms with van der Waals surface area (Å²) in [4.78, 5) is 15.1. The molecule has 2 rings (SSSR count). The van der Waals surface area contributed by atoms with Gasteiger partial charge >= 0.3 is 0 Å². The summed E-state index contributed by atoms with van der Waals surface area (Å²) >= 11 is 0. The van der Waals surface area contributed by atoms with Crippen molar-refractivity contribution in [2.24, 2.45) is 5.41 Å². The monoisotopic (exact) mass is 266 g/mol.